The first-order chi connectivity index (χ1) is 14.3. The number of para-hydroxylation sites is 3. The first-order valence-corrected chi connectivity index (χ1v) is 9.93. The summed E-state index contributed by atoms with van der Waals surface area (Å²) in [6.07, 6.45) is 2.78. The molecule has 1 atom stereocenters. The van der Waals surface area contributed by atoms with Crippen molar-refractivity contribution in [2.75, 3.05) is 13.2 Å². The molecule has 144 valence electrons. The minimum atomic E-state index is -0.324. The lowest BCUT2D eigenvalue weighted by atomic mass is 10.2. The number of aromatic nitrogens is 3. The fraction of sp³-hybridized carbons (Fsp3) is 0.143. The number of hydrogen-bond acceptors (Lipinski definition) is 7. The van der Waals surface area contributed by atoms with Gasteiger partial charge in [-0.3, -0.25) is 4.79 Å². The van der Waals surface area contributed by atoms with Crippen molar-refractivity contribution in [1.82, 2.24) is 20.3 Å². The number of benzene rings is 2. The van der Waals surface area contributed by atoms with Crippen LogP contribution in [-0.2, 0) is 0 Å². The third kappa shape index (κ3) is 3.50. The third-order valence-electron chi connectivity index (χ3n) is 4.47. The van der Waals surface area contributed by atoms with E-state index in [9.17, 15) is 4.79 Å². The summed E-state index contributed by atoms with van der Waals surface area (Å²) in [6.45, 7) is 0.658. The van der Waals surface area contributed by atoms with E-state index in [0.717, 1.165) is 10.2 Å². The number of carbonyl (C=O) groups excluding carboxylic acids is 1. The van der Waals surface area contributed by atoms with Gasteiger partial charge in [0, 0.05) is 12.4 Å². The number of carbonyl (C=O) groups is 1. The van der Waals surface area contributed by atoms with Crippen molar-refractivity contribution in [2.24, 2.45) is 0 Å². The Balaban J connectivity index is 1.33. The van der Waals surface area contributed by atoms with Crippen molar-refractivity contribution in [3.63, 3.8) is 0 Å². The molecule has 1 aliphatic rings. The predicted octanol–water partition coefficient (Wildman–Crippen LogP) is 3.32. The lowest BCUT2D eigenvalue weighted by molar-refractivity contribution is 0.0786. The highest BCUT2D eigenvalue weighted by molar-refractivity contribution is 7.21. The van der Waals surface area contributed by atoms with Crippen molar-refractivity contribution in [3.05, 3.63) is 66.6 Å². The fourth-order valence-corrected chi connectivity index (χ4v) is 4.05. The molecule has 3 heterocycles. The average Bonchev–Trinajstić information content (AvgIpc) is 3.21. The van der Waals surface area contributed by atoms with Crippen LogP contribution in [0.4, 0.5) is 0 Å². The highest BCUT2D eigenvalue weighted by Crippen LogP contribution is 2.31. The lowest BCUT2D eigenvalue weighted by Gasteiger charge is -2.26. The maximum Gasteiger partial charge on any atom is 0.272 e. The smallest absolute Gasteiger partial charge is 0.272 e. The zero-order chi connectivity index (χ0) is 19.6. The average molecular weight is 404 g/mol. The van der Waals surface area contributed by atoms with Crippen LogP contribution < -0.4 is 14.8 Å². The van der Waals surface area contributed by atoms with Gasteiger partial charge in [0.1, 0.15) is 23.4 Å². The van der Waals surface area contributed by atoms with Crippen molar-refractivity contribution in [3.8, 4) is 22.2 Å². The Morgan fingerprint density at radius 1 is 1.07 bits per heavy atom. The van der Waals surface area contributed by atoms with Gasteiger partial charge in [0.25, 0.3) is 5.91 Å². The molecule has 1 aliphatic heterocycles. The Bertz CT molecular complexity index is 1160. The normalized spacial score (nSPS) is 15.2. The van der Waals surface area contributed by atoms with E-state index in [1.54, 1.807) is 6.20 Å². The molecule has 1 amide bonds. The highest BCUT2D eigenvalue weighted by atomic mass is 32.1. The molecule has 1 N–H and O–H groups in total. The summed E-state index contributed by atoms with van der Waals surface area (Å²) in [7, 11) is 0. The molecule has 29 heavy (non-hydrogen) atoms. The summed E-state index contributed by atoms with van der Waals surface area (Å²) in [5.41, 5.74) is 1.58. The first-order valence-electron chi connectivity index (χ1n) is 9.11. The SMILES string of the molecule is O=C(NCC1COc2ccccc2O1)c1nccnc1-c1nc2ccccc2s1. The maximum atomic E-state index is 12.8. The number of nitrogens with one attached hydrogen (secondary N) is 1. The molecule has 0 bridgehead atoms. The van der Waals surface area contributed by atoms with Gasteiger partial charge in [-0.05, 0) is 24.3 Å². The fourth-order valence-electron chi connectivity index (χ4n) is 3.09. The summed E-state index contributed by atoms with van der Waals surface area (Å²) in [5, 5.41) is 3.54. The van der Waals surface area contributed by atoms with Gasteiger partial charge in [0.2, 0.25) is 0 Å². The quantitative estimate of drug-likeness (QED) is 0.562. The topological polar surface area (TPSA) is 86.2 Å². The van der Waals surface area contributed by atoms with Gasteiger partial charge < -0.3 is 14.8 Å². The van der Waals surface area contributed by atoms with Gasteiger partial charge in [0.15, 0.2) is 17.2 Å². The number of thiazole rings is 1. The molecule has 8 heteroatoms. The molecule has 0 spiro atoms. The second kappa shape index (κ2) is 7.48. The van der Waals surface area contributed by atoms with Crippen LogP contribution in [0.2, 0.25) is 0 Å². The summed E-state index contributed by atoms with van der Waals surface area (Å²) in [6, 6.07) is 15.3. The van der Waals surface area contributed by atoms with E-state index < -0.39 is 0 Å². The molecule has 0 aliphatic carbocycles. The molecular weight excluding hydrogens is 388 g/mol. The molecule has 4 aromatic rings. The second-order valence-corrected chi connectivity index (χ2v) is 7.48. The van der Waals surface area contributed by atoms with Crippen LogP contribution in [0.3, 0.4) is 0 Å². The number of fused-ring (bicyclic) bond motifs is 2. The van der Waals surface area contributed by atoms with Crippen molar-refractivity contribution in [1.29, 1.82) is 0 Å². The lowest BCUT2D eigenvalue weighted by Crippen LogP contribution is -2.41. The molecule has 0 radical (unpaired) electrons. The van der Waals surface area contributed by atoms with E-state index in [1.165, 1.54) is 17.5 Å². The predicted molar refractivity (Wildman–Crippen MR) is 109 cm³/mol. The minimum Gasteiger partial charge on any atom is -0.486 e. The van der Waals surface area contributed by atoms with Gasteiger partial charge in [0.05, 0.1) is 16.8 Å². The van der Waals surface area contributed by atoms with Crippen LogP contribution in [-0.4, -0.2) is 40.1 Å². The Kier molecular flexibility index (Phi) is 4.53. The number of rotatable bonds is 4. The van der Waals surface area contributed by atoms with Crippen molar-refractivity contribution in [2.45, 2.75) is 6.10 Å². The largest absolute Gasteiger partial charge is 0.486 e. The number of nitrogens with zero attached hydrogens (tertiary/aromatic N) is 3. The minimum absolute atomic E-state index is 0.240. The summed E-state index contributed by atoms with van der Waals surface area (Å²) < 4.78 is 12.6. The van der Waals surface area contributed by atoms with E-state index in [-0.39, 0.29) is 17.7 Å². The zero-order valence-corrected chi connectivity index (χ0v) is 16.1. The Hall–Kier alpha value is -3.52. The maximum absolute atomic E-state index is 12.8. The monoisotopic (exact) mass is 404 g/mol. The van der Waals surface area contributed by atoms with Crippen LogP contribution in [0.15, 0.2) is 60.9 Å². The van der Waals surface area contributed by atoms with E-state index in [4.69, 9.17) is 9.47 Å². The molecule has 0 fully saturated rings. The second-order valence-electron chi connectivity index (χ2n) is 6.45. The Morgan fingerprint density at radius 3 is 2.76 bits per heavy atom. The molecule has 0 saturated heterocycles. The zero-order valence-electron chi connectivity index (χ0n) is 15.2. The summed E-state index contributed by atoms with van der Waals surface area (Å²) in [4.78, 5) is 26.0. The van der Waals surface area contributed by atoms with E-state index in [0.29, 0.717) is 35.4 Å². The van der Waals surface area contributed by atoms with Crippen LogP contribution >= 0.6 is 11.3 Å². The summed E-state index contributed by atoms with van der Waals surface area (Å²) in [5.74, 6) is 1.06. The third-order valence-corrected chi connectivity index (χ3v) is 5.51. The van der Waals surface area contributed by atoms with Crippen LogP contribution in [0, 0.1) is 0 Å². The molecule has 7 nitrogen and oxygen atoms in total. The molecule has 2 aromatic carbocycles. The number of ether oxygens (including phenoxy) is 2. The number of amides is 1. The highest BCUT2D eigenvalue weighted by Gasteiger charge is 2.23. The first kappa shape index (κ1) is 17.6. The van der Waals surface area contributed by atoms with E-state index >= 15 is 0 Å². The van der Waals surface area contributed by atoms with E-state index in [1.807, 2.05) is 48.5 Å². The van der Waals surface area contributed by atoms with Gasteiger partial charge in [-0.1, -0.05) is 24.3 Å². The van der Waals surface area contributed by atoms with Gasteiger partial charge in [-0.25, -0.2) is 15.0 Å². The molecule has 0 saturated carbocycles. The van der Waals surface area contributed by atoms with Crippen LogP contribution in [0.5, 0.6) is 11.5 Å². The molecule has 2 aromatic heterocycles. The van der Waals surface area contributed by atoms with Crippen LogP contribution in [0.1, 0.15) is 10.5 Å². The standard InChI is InChI=1S/C21H16N4O3S/c26-20(24-11-13-12-27-15-6-2-3-7-16(15)28-13)18-19(23-10-9-22-18)21-25-14-5-1-4-8-17(14)29-21/h1-10,13H,11-12H2,(H,24,26). The van der Waals surface area contributed by atoms with Crippen LogP contribution in [0.25, 0.3) is 20.9 Å². The van der Waals surface area contributed by atoms with Gasteiger partial charge in [-0.2, -0.15) is 0 Å². The van der Waals surface area contributed by atoms with Gasteiger partial charge >= 0.3 is 0 Å². The molecule has 5 rings (SSSR count). The summed E-state index contributed by atoms with van der Waals surface area (Å²) >= 11 is 1.48. The molecule has 1 unspecified atom stereocenters. The van der Waals surface area contributed by atoms with Gasteiger partial charge in [-0.15, -0.1) is 11.3 Å². The van der Waals surface area contributed by atoms with Crippen molar-refractivity contribution >= 4 is 27.5 Å². The molecular formula is C21H16N4O3S. The Morgan fingerprint density at radius 2 is 1.86 bits per heavy atom. The van der Waals surface area contributed by atoms with E-state index in [2.05, 4.69) is 20.3 Å². The number of hydrogen-bond donors (Lipinski definition) is 1. The van der Waals surface area contributed by atoms with Crippen molar-refractivity contribution < 1.29 is 14.3 Å². The Labute approximate surface area is 170 Å².